The summed E-state index contributed by atoms with van der Waals surface area (Å²) in [4.78, 5) is 4.62. The molecule has 0 fully saturated rings. The third-order valence-corrected chi connectivity index (χ3v) is 3.50. The Kier molecular flexibility index (Phi) is 2.60. The molecule has 18 heavy (non-hydrogen) atoms. The van der Waals surface area contributed by atoms with Gasteiger partial charge in [0.1, 0.15) is 0 Å². The number of hydrogen-bond acceptors (Lipinski definition) is 1. The molecular weight excluding hydrogens is 218 g/mol. The number of aryl methyl sites for hydroxylation is 2. The number of para-hydroxylation sites is 1. The molecule has 1 heterocycles. The zero-order valence-corrected chi connectivity index (χ0v) is 10.6. The Morgan fingerprint density at radius 3 is 2.39 bits per heavy atom. The Morgan fingerprint density at radius 1 is 0.833 bits per heavy atom. The number of nitrogens with zero attached hydrogens (tertiary/aromatic N) is 1. The summed E-state index contributed by atoms with van der Waals surface area (Å²) in [5.74, 6) is 0. The van der Waals surface area contributed by atoms with Crippen molar-refractivity contribution in [3.05, 3.63) is 65.9 Å². The average molecular weight is 233 g/mol. The van der Waals surface area contributed by atoms with Gasteiger partial charge in [0.25, 0.3) is 0 Å². The summed E-state index contributed by atoms with van der Waals surface area (Å²) in [6, 6.07) is 16.8. The number of benzene rings is 2. The van der Waals surface area contributed by atoms with E-state index < -0.39 is 0 Å². The highest BCUT2D eigenvalue weighted by Gasteiger charge is 2.07. The standard InChI is InChI=1S/C17H15N/c1-12-11-18-17-15(13(12)2)9-6-10-16(17)14-7-4-3-5-8-14/h3-11H,1-2H3. The summed E-state index contributed by atoms with van der Waals surface area (Å²) in [7, 11) is 0. The quantitative estimate of drug-likeness (QED) is 0.602. The first-order valence-electron chi connectivity index (χ1n) is 6.18. The Balaban J connectivity index is 2.35. The lowest BCUT2D eigenvalue weighted by Gasteiger charge is -2.09. The lowest BCUT2D eigenvalue weighted by molar-refractivity contribution is 1.28. The van der Waals surface area contributed by atoms with E-state index in [0.717, 1.165) is 5.52 Å². The number of aromatic nitrogens is 1. The number of hydrogen-bond donors (Lipinski definition) is 0. The molecule has 0 amide bonds. The normalized spacial score (nSPS) is 10.8. The Labute approximate surface area is 107 Å². The van der Waals surface area contributed by atoms with Gasteiger partial charge in [0.2, 0.25) is 0 Å². The van der Waals surface area contributed by atoms with Crippen LogP contribution >= 0.6 is 0 Å². The van der Waals surface area contributed by atoms with Crippen LogP contribution in [0.5, 0.6) is 0 Å². The zero-order chi connectivity index (χ0) is 12.5. The summed E-state index contributed by atoms with van der Waals surface area (Å²) >= 11 is 0. The molecule has 3 aromatic rings. The minimum absolute atomic E-state index is 1.09. The van der Waals surface area contributed by atoms with E-state index in [2.05, 4.69) is 61.3 Å². The number of rotatable bonds is 1. The maximum Gasteiger partial charge on any atom is 0.0783 e. The van der Waals surface area contributed by atoms with Crippen LogP contribution in [0, 0.1) is 13.8 Å². The van der Waals surface area contributed by atoms with Gasteiger partial charge in [-0.05, 0) is 30.5 Å². The monoisotopic (exact) mass is 233 g/mol. The molecule has 0 N–H and O–H groups in total. The van der Waals surface area contributed by atoms with Crippen molar-refractivity contribution < 1.29 is 0 Å². The summed E-state index contributed by atoms with van der Waals surface area (Å²) in [5, 5.41) is 1.25. The van der Waals surface area contributed by atoms with Gasteiger partial charge in [0, 0.05) is 17.1 Å². The molecule has 0 radical (unpaired) electrons. The van der Waals surface area contributed by atoms with Crippen LogP contribution in [0.3, 0.4) is 0 Å². The fraction of sp³-hybridized carbons (Fsp3) is 0.118. The van der Waals surface area contributed by atoms with E-state index in [0.29, 0.717) is 0 Å². The molecule has 3 rings (SSSR count). The third kappa shape index (κ3) is 1.68. The lowest BCUT2D eigenvalue weighted by atomic mass is 9.98. The van der Waals surface area contributed by atoms with Crippen LogP contribution in [-0.2, 0) is 0 Å². The van der Waals surface area contributed by atoms with Crippen molar-refractivity contribution in [1.82, 2.24) is 4.98 Å². The Hall–Kier alpha value is -2.15. The van der Waals surface area contributed by atoms with Gasteiger partial charge in [-0.3, -0.25) is 4.98 Å². The molecule has 1 aromatic heterocycles. The molecule has 0 spiro atoms. The van der Waals surface area contributed by atoms with Crippen molar-refractivity contribution >= 4 is 10.9 Å². The largest absolute Gasteiger partial charge is 0.255 e. The van der Waals surface area contributed by atoms with Gasteiger partial charge in [-0.1, -0.05) is 48.5 Å². The lowest BCUT2D eigenvalue weighted by Crippen LogP contribution is -1.90. The van der Waals surface area contributed by atoms with E-state index in [1.165, 1.54) is 27.6 Å². The smallest absolute Gasteiger partial charge is 0.0783 e. The maximum absolute atomic E-state index is 4.62. The highest BCUT2D eigenvalue weighted by atomic mass is 14.7. The van der Waals surface area contributed by atoms with Crippen LogP contribution < -0.4 is 0 Å². The highest BCUT2D eigenvalue weighted by molar-refractivity contribution is 5.95. The van der Waals surface area contributed by atoms with Gasteiger partial charge in [-0.2, -0.15) is 0 Å². The van der Waals surface area contributed by atoms with E-state index in [9.17, 15) is 0 Å². The molecule has 1 heteroatoms. The van der Waals surface area contributed by atoms with Crippen molar-refractivity contribution in [2.45, 2.75) is 13.8 Å². The molecule has 0 aliphatic rings. The zero-order valence-electron chi connectivity index (χ0n) is 10.6. The Bertz CT molecular complexity index is 699. The summed E-state index contributed by atoms with van der Waals surface area (Å²) in [5.41, 5.74) is 6.08. The van der Waals surface area contributed by atoms with E-state index in [1.54, 1.807) is 0 Å². The Morgan fingerprint density at radius 2 is 1.61 bits per heavy atom. The second kappa shape index (κ2) is 4.26. The molecular formula is C17H15N. The van der Waals surface area contributed by atoms with E-state index in [4.69, 9.17) is 0 Å². The maximum atomic E-state index is 4.62. The fourth-order valence-corrected chi connectivity index (χ4v) is 2.31. The van der Waals surface area contributed by atoms with Crippen LogP contribution in [0.15, 0.2) is 54.7 Å². The van der Waals surface area contributed by atoms with E-state index >= 15 is 0 Å². The second-order valence-corrected chi connectivity index (χ2v) is 4.63. The number of pyridine rings is 1. The van der Waals surface area contributed by atoms with Crippen LogP contribution in [0.4, 0.5) is 0 Å². The predicted molar refractivity (Wildman–Crippen MR) is 76.7 cm³/mol. The SMILES string of the molecule is Cc1cnc2c(-c3ccccc3)cccc2c1C. The van der Waals surface area contributed by atoms with Crippen molar-refractivity contribution in [3.8, 4) is 11.1 Å². The van der Waals surface area contributed by atoms with Gasteiger partial charge in [0.15, 0.2) is 0 Å². The minimum Gasteiger partial charge on any atom is -0.255 e. The van der Waals surface area contributed by atoms with Gasteiger partial charge in [-0.25, -0.2) is 0 Å². The van der Waals surface area contributed by atoms with Gasteiger partial charge in [-0.15, -0.1) is 0 Å². The molecule has 0 aliphatic heterocycles. The van der Waals surface area contributed by atoms with E-state index in [-0.39, 0.29) is 0 Å². The molecule has 1 nitrogen and oxygen atoms in total. The van der Waals surface area contributed by atoms with E-state index in [1.807, 2.05) is 12.3 Å². The minimum atomic E-state index is 1.09. The van der Waals surface area contributed by atoms with Gasteiger partial charge >= 0.3 is 0 Å². The fourth-order valence-electron chi connectivity index (χ4n) is 2.31. The average Bonchev–Trinajstić information content (AvgIpc) is 2.43. The van der Waals surface area contributed by atoms with Crippen LogP contribution in [0.2, 0.25) is 0 Å². The predicted octanol–water partition coefficient (Wildman–Crippen LogP) is 4.52. The summed E-state index contributed by atoms with van der Waals surface area (Å²) < 4.78 is 0. The first-order valence-corrected chi connectivity index (χ1v) is 6.18. The van der Waals surface area contributed by atoms with Gasteiger partial charge < -0.3 is 0 Å². The second-order valence-electron chi connectivity index (χ2n) is 4.63. The molecule has 0 saturated heterocycles. The third-order valence-electron chi connectivity index (χ3n) is 3.50. The first kappa shape index (κ1) is 11.0. The summed E-state index contributed by atoms with van der Waals surface area (Å²) in [6.45, 7) is 4.27. The molecule has 88 valence electrons. The molecule has 0 aliphatic carbocycles. The number of fused-ring (bicyclic) bond motifs is 1. The van der Waals surface area contributed by atoms with Crippen LogP contribution in [0.1, 0.15) is 11.1 Å². The van der Waals surface area contributed by atoms with Crippen molar-refractivity contribution in [1.29, 1.82) is 0 Å². The van der Waals surface area contributed by atoms with Crippen LogP contribution in [-0.4, -0.2) is 4.98 Å². The molecule has 0 bridgehead atoms. The highest BCUT2D eigenvalue weighted by Crippen LogP contribution is 2.29. The molecule has 0 unspecified atom stereocenters. The van der Waals surface area contributed by atoms with Crippen molar-refractivity contribution in [2.24, 2.45) is 0 Å². The first-order chi connectivity index (χ1) is 8.77. The molecule has 0 atom stereocenters. The van der Waals surface area contributed by atoms with Crippen molar-refractivity contribution in [2.75, 3.05) is 0 Å². The molecule has 0 saturated carbocycles. The topological polar surface area (TPSA) is 12.9 Å². The summed E-state index contributed by atoms with van der Waals surface area (Å²) in [6.07, 6.45) is 1.96. The van der Waals surface area contributed by atoms with Crippen molar-refractivity contribution in [3.63, 3.8) is 0 Å². The molecule has 2 aromatic carbocycles. The van der Waals surface area contributed by atoms with Gasteiger partial charge in [0.05, 0.1) is 5.52 Å². The van der Waals surface area contributed by atoms with Crippen LogP contribution in [0.25, 0.3) is 22.0 Å².